The van der Waals surface area contributed by atoms with Gasteiger partial charge in [0.1, 0.15) is 5.75 Å². The topological polar surface area (TPSA) is 21.3 Å². The molecule has 1 N–H and O–H groups in total. The number of rotatable bonds is 8. The van der Waals surface area contributed by atoms with Gasteiger partial charge >= 0.3 is 0 Å². The number of benzene rings is 1. The van der Waals surface area contributed by atoms with E-state index in [0.717, 1.165) is 18.5 Å². The summed E-state index contributed by atoms with van der Waals surface area (Å²) in [6.45, 7) is 3.57. The molecule has 0 unspecified atom stereocenters. The van der Waals surface area contributed by atoms with Gasteiger partial charge in [-0.3, -0.25) is 4.39 Å². The maximum atomic E-state index is 12.1. The Bertz CT molecular complexity index is 374. The molecule has 0 spiro atoms. The van der Waals surface area contributed by atoms with Crippen LogP contribution in [0, 0.1) is 0 Å². The molecule has 18 heavy (non-hydrogen) atoms. The average molecular weight is 294 g/mol. The summed E-state index contributed by atoms with van der Waals surface area (Å²) >= 11 is 12.1. The van der Waals surface area contributed by atoms with Gasteiger partial charge in [0.05, 0.1) is 18.3 Å². The second kappa shape index (κ2) is 8.57. The first-order valence-electron chi connectivity index (χ1n) is 6.06. The highest BCUT2D eigenvalue weighted by atomic mass is 35.5. The van der Waals surface area contributed by atoms with Crippen molar-refractivity contribution < 1.29 is 9.13 Å². The number of alkyl halides is 1. The van der Waals surface area contributed by atoms with Gasteiger partial charge in [-0.25, -0.2) is 0 Å². The predicted molar refractivity (Wildman–Crippen MR) is 74.5 cm³/mol. The SMILES string of the molecule is CCCNCc1cc(Cl)cc(Cl)c1OCCCF. The minimum atomic E-state index is -0.394. The normalized spacial score (nSPS) is 10.7. The zero-order valence-electron chi connectivity index (χ0n) is 10.4. The van der Waals surface area contributed by atoms with E-state index in [2.05, 4.69) is 12.2 Å². The molecular weight excluding hydrogens is 276 g/mol. The van der Waals surface area contributed by atoms with E-state index in [1.165, 1.54) is 0 Å². The van der Waals surface area contributed by atoms with Crippen LogP contribution in [-0.4, -0.2) is 19.8 Å². The van der Waals surface area contributed by atoms with Crippen molar-refractivity contribution in [2.45, 2.75) is 26.3 Å². The van der Waals surface area contributed by atoms with Crippen LogP contribution in [0.2, 0.25) is 10.0 Å². The zero-order valence-corrected chi connectivity index (χ0v) is 12.0. The monoisotopic (exact) mass is 293 g/mol. The number of halogens is 3. The van der Waals surface area contributed by atoms with Gasteiger partial charge in [-0.15, -0.1) is 0 Å². The Balaban J connectivity index is 2.76. The lowest BCUT2D eigenvalue weighted by Crippen LogP contribution is -2.15. The van der Waals surface area contributed by atoms with E-state index >= 15 is 0 Å². The molecule has 2 nitrogen and oxygen atoms in total. The molecule has 0 aliphatic carbocycles. The van der Waals surface area contributed by atoms with E-state index in [-0.39, 0.29) is 0 Å². The molecule has 1 aromatic rings. The summed E-state index contributed by atoms with van der Waals surface area (Å²) in [6, 6.07) is 3.46. The van der Waals surface area contributed by atoms with Gasteiger partial charge in [-0.1, -0.05) is 30.1 Å². The third kappa shape index (κ3) is 5.01. The third-order valence-corrected chi connectivity index (χ3v) is 2.85. The molecule has 1 rings (SSSR count). The lowest BCUT2D eigenvalue weighted by Gasteiger charge is -2.14. The minimum absolute atomic E-state index is 0.318. The van der Waals surface area contributed by atoms with Crippen LogP contribution in [0.3, 0.4) is 0 Å². The molecule has 0 aliphatic rings. The number of nitrogens with one attached hydrogen (secondary N) is 1. The number of hydrogen-bond acceptors (Lipinski definition) is 2. The van der Waals surface area contributed by atoms with Crippen LogP contribution < -0.4 is 10.1 Å². The summed E-state index contributed by atoms with van der Waals surface area (Å²) < 4.78 is 17.6. The fourth-order valence-corrected chi connectivity index (χ4v) is 2.13. The lowest BCUT2D eigenvalue weighted by atomic mass is 10.2. The molecule has 5 heteroatoms. The molecule has 0 heterocycles. The number of ether oxygens (including phenoxy) is 1. The Morgan fingerprint density at radius 1 is 1.33 bits per heavy atom. The first-order valence-corrected chi connectivity index (χ1v) is 6.82. The van der Waals surface area contributed by atoms with Crippen LogP contribution in [0.4, 0.5) is 4.39 Å². The molecule has 0 atom stereocenters. The first kappa shape index (κ1) is 15.5. The van der Waals surface area contributed by atoms with Gasteiger partial charge in [-0.2, -0.15) is 0 Å². The highest BCUT2D eigenvalue weighted by molar-refractivity contribution is 6.35. The summed E-state index contributed by atoms with van der Waals surface area (Å²) in [5.41, 5.74) is 0.903. The van der Waals surface area contributed by atoms with Gasteiger partial charge in [0, 0.05) is 23.6 Å². The third-order valence-electron chi connectivity index (χ3n) is 2.35. The van der Waals surface area contributed by atoms with E-state index in [1.807, 2.05) is 6.07 Å². The van der Waals surface area contributed by atoms with Crippen LogP contribution in [0.5, 0.6) is 5.75 Å². The van der Waals surface area contributed by atoms with Crippen LogP contribution in [0.25, 0.3) is 0 Å². The Labute approximate surface area is 117 Å². The van der Waals surface area contributed by atoms with E-state index in [1.54, 1.807) is 6.07 Å². The van der Waals surface area contributed by atoms with Crippen LogP contribution >= 0.6 is 23.2 Å². The smallest absolute Gasteiger partial charge is 0.142 e. The fourth-order valence-electron chi connectivity index (χ4n) is 1.54. The molecule has 0 fully saturated rings. The van der Waals surface area contributed by atoms with Crippen molar-refractivity contribution in [3.05, 3.63) is 27.7 Å². The maximum Gasteiger partial charge on any atom is 0.142 e. The van der Waals surface area contributed by atoms with E-state index in [9.17, 15) is 4.39 Å². The largest absolute Gasteiger partial charge is 0.492 e. The van der Waals surface area contributed by atoms with Gasteiger partial charge < -0.3 is 10.1 Å². The van der Waals surface area contributed by atoms with E-state index in [0.29, 0.717) is 35.4 Å². The number of hydrogen-bond donors (Lipinski definition) is 1. The maximum absolute atomic E-state index is 12.1. The molecule has 0 bridgehead atoms. The van der Waals surface area contributed by atoms with E-state index in [4.69, 9.17) is 27.9 Å². The molecule has 102 valence electrons. The summed E-state index contributed by atoms with van der Waals surface area (Å²) in [5, 5.41) is 4.31. The molecule has 0 saturated carbocycles. The van der Waals surface area contributed by atoms with Crippen molar-refractivity contribution in [2.75, 3.05) is 19.8 Å². The fraction of sp³-hybridized carbons (Fsp3) is 0.538. The lowest BCUT2D eigenvalue weighted by molar-refractivity contribution is 0.287. The van der Waals surface area contributed by atoms with Gasteiger partial charge in [0.2, 0.25) is 0 Å². The highest BCUT2D eigenvalue weighted by Gasteiger charge is 2.10. The second-order valence-electron chi connectivity index (χ2n) is 3.94. The van der Waals surface area contributed by atoms with Crippen LogP contribution in [-0.2, 0) is 6.54 Å². The Kier molecular flexibility index (Phi) is 7.40. The van der Waals surface area contributed by atoms with Crippen molar-refractivity contribution in [1.82, 2.24) is 5.32 Å². The summed E-state index contributed by atoms with van der Waals surface area (Å²) in [4.78, 5) is 0. The molecular formula is C13H18Cl2FNO. The quantitative estimate of drug-likeness (QED) is 0.724. The summed E-state index contributed by atoms with van der Waals surface area (Å²) in [6.07, 6.45) is 1.41. The van der Waals surface area contributed by atoms with Crippen molar-refractivity contribution in [3.63, 3.8) is 0 Å². The predicted octanol–water partition coefficient (Wildman–Crippen LogP) is 4.23. The van der Waals surface area contributed by atoms with Crippen molar-refractivity contribution >= 4 is 23.2 Å². The van der Waals surface area contributed by atoms with E-state index < -0.39 is 6.67 Å². The van der Waals surface area contributed by atoms with Gasteiger partial charge in [0.15, 0.2) is 0 Å². The molecule has 0 radical (unpaired) electrons. The Hall–Kier alpha value is -0.510. The Morgan fingerprint density at radius 3 is 2.78 bits per heavy atom. The Morgan fingerprint density at radius 2 is 2.11 bits per heavy atom. The van der Waals surface area contributed by atoms with Gasteiger partial charge in [-0.05, 0) is 25.1 Å². The molecule has 0 aliphatic heterocycles. The van der Waals surface area contributed by atoms with Crippen LogP contribution in [0.1, 0.15) is 25.3 Å². The highest BCUT2D eigenvalue weighted by Crippen LogP contribution is 2.32. The van der Waals surface area contributed by atoms with Crippen molar-refractivity contribution in [3.8, 4) is 5.75 Å². The summed E-state index contributed by atoms with van der Waals surface area (Å²) in [7, 11) is 0. The zero-order chi connectivity index (χ0) is 13.4. The molecule has 0 amide bonds. The molecule has 0 aromatic heterocycles. The first-order chi connectivity index (χ1) is 8.69. The second-order valence-corrected chi connectivity index (χ2v) is 4.79. The van der Waals surface area contributed by atoms with Crippen molar-refractivity contribution in [2.24, 2.45) is 0 Å². The minimum Gasteiger partial charge on any atom is -0.492 e. The summed E-state index contributed by atoms with van der Waals surface area (Å²) in [5.74, 6) is 0.595. The van der Waals surface area contributed by atoms with Crippen molar-refractivity contribution in [1.29, 1.82) is 0 Å². The molecule has 0 saturated heterocycles. The average Bonchev–Trinajstić information content (AvgIpc) is 2.32. The standard InChI is InChI=1S/C13H18Cl2FNO/c1-2-5-17-9-10-7-11(14)8-12(15)13(10)18-6-3-4-16/h7-8,17H,2-6,9H2,1H3. The van der Waals surface area contributed by atoms with Gasteiger partial charge in [0.25, 0.3) is 0 Å². The molecule has 1 aromatic carbocycles. The van der Waals surface area contributed by atoms with Crippen LogP contribution in [0.15, 0.2) is 12.1 Å².